The molecule has 0 aromatic carbocycles. The number of methoxy groups -OCH3 is 1. The molecule has 1 aliphatic carbocycles. The first-order valence-corrected chi connectivity index (χ1v) is 8.48. The van der Waals surface area contributed by atoms with Crippen LogP contribution in [-0.4, -0.2) is 43.5 Å². The van der Waals surface area contributed by atoms with Crippen LogP contribution in [0.4, 0.5) is 4.79 Å². The van der Waals surface area contributed by atoms with Crippen LogP contribution in [-0.2, 0) is 9.47 Å². The van der Waals surface area contributed by atoms with E-state index < -0.39 is 5.60 Å². The standard InChI is InChI=1S/C17H34N2O3/c1-12(2)14(19-16(20)22-17(3,4)5)11-18-13-9-7-8-10-15(13)21-6/h12-15,18H,7-11H2,1-6H3,(H,19,20). The second-order valence-electron chi connectivity index (χ2n) is 7.57. The number of hydrogen-bond acceptors (Lipinski definition) is 4. The molecule has 3 unspecified atom stereocenters. The number of hydrogen-bond donors (Lipinski definition) is 2. The van der Waals surface area contributed by atoms with Crippen LogP contribution in [0, 0.1) is 5.92 Å². The molecule has 1 fully saturated rings. The zero-order valence-electron chi connectivity index (χ0n) is 15.1. The molecule has 0 aromatic heterocycles. The summed E-state index contributed by atoms with van der Waals surface area (Å²) in [7, 11) is 1.78. The monoisotopic (exact) mass is 314 g/mol. The molecule has 0 bridgehead atoms. The summed E-state index contributed by atoms with van der Waals surface area (Å²) >= 11 is 0. The summed E-state index contributed by atoms with van der Waals surface area (Å²) in [5.74, 6) is 0.338. The normalized spacial score (nSPS) is 24.1. The first-order valence-electron chi connectivity index (χ1n) is 8.48. The Balaban J connectivity index is 2.48. The predicted molar refractivity (Wildman–Crippen MR) is 89.1 cm³/mol. The van der Waals surface area contributed by atoms with Gasteiger partial charge in [-0.3, -0.25) is 0 Å². The van der Waals surface area contributed by atoms with Gasteiger partial charge in [-0.2, -0.15) is 0 Å². The van der Waals surface area contributed by atoms with E-state index in [9.17, 15) is 4.79 Å². The molecule has 22 heavy (non-hydrogen) atoms. The number of alkyl carbamates (subject to hydrolysis) is 1. The summed E-state index contributed by atoms with van der Waals surface area (Å²) in [5.41, 5.74) is -0.469. The average molecular weight is 314 g/mol. The van der Waals surface area contributed by atoms with Crippen LogP contribution < -0.4 is 10.6 Å². The summed E-state index contributed by atoms with van der Waals surface area (Å²) < 4.78 is 10.9. The van der Waals surface area contributed by atoms with Crippen LogP contribution in [0.1, 0.15) is 60.3 Å². The van der Waals surface area contributed by atoms with E-state index in [0.717, 1.165) is 19.4 Å². The Hall–Kier alpha value is -0.810. The van der Waals surface area contributed by atoms with Gasteiger partial charge in [0.2, 0.25) is 0 Å². The number of carbonyl (C=O) groups excluding carboxylic acids is 1. The van der Waals surface area contributed by atoms with Gasteiger partial charge in [-0.1, -0.05) is 26.7 Å². The van der Waals surface area contributed by atoms with Crippen molar-refractivity contribution in [1.82, 2.24) is 10.6 Å². The van der Waals surface area contributed by atoms with Crippen LogP contribution in [0.2, 0.25) is 0 Å². The molecule has 1 amide bonds. The summed E-state index contributed by atoms with van der Waals surface area (Å²) in [6.45, 7) is 10.6. The number of ether oxygens (including phenoxy) is 2. The van der Waals surface area contributed by atoms with Crippen molar-refractivity contribution in [2.75, 3.05) is 13.7 Å². The highest BCUT2D eigenvalue weighted by Gasteiger charge is 2.27. The van der Waals surface area contributed by atoms with Gasteiger partial charge in [-0.25, -0.2) is 4.79 Å². The number of nitrogens with one attached hydrogen (secondary N) is 2. The lowest BCUT2D eigenvalue weighted by Gasteiger charge is -2.33. The molecule has 5 nitrogen and oxygen atoms in total. The molecular formula is C17H34N2O3. The fraction of sp³-hybridized carbons (Fsp3) is 0.941. The van der Waals surface area contributed by atoms with E-state index in [1.54, 1.807) is 7.11 Å². The van der Waals surface area contributed by atoms with Gasteiger partial charge in [0.05, 0.1) is 6.10 Å². The largest absolute Gasteiger partial charge is 0.444 e. The van der Waals surface area contributed by atoms with Gasteiger partial charge in [0.25, 0.3) is 0 Å². The van der Waals surface area contributed by atoms with Crippen LogP contribution in [0.5, 0.6) is 0 Å². The maximum atomic E-state index is 12.0. The maximum absolute atomic E-state index is 12.0. The number of carbonyl (C=O) groups is 1. The van der Waals surface area contributed by atoms with Crippen molar-refractivity contribution in [1.29, 1.82) is 0 Å². The molecular weight excluding hydrogens is 280 g/mol. The SMILES string of the molecule is COC1CCCCC1NCC(NC(=O)OC(C)(C)C)C(C)C. The lowest BCUT2D eigenvalue weighted by Crippen LogP contribution is -2.52. The van der Waals surface area contributed by atoms with E-state index in [0.29, 0.717) is 12.0 Å². The summed E-state index contributed by atoms with van der Waals surface area (Å²) in [5, 5.41) is 6.56. The van der Waals surface area contributed by atoms with E-state index in [1.807, 2.05) is 20.8 Å². The Bertz CT molecular complexity index is 339. The Morgan fingerprint density at radius 1 is 1.23 bits per heavy atom. The molecule has 130 valence electrons. The second kappa shape index (κ2) is 8.73. The first kappa shape index (κ1) is 19.2. The maximum Gasteiger partial charge on any atom is 0.407 e. The van der Waals surface area contributed by atoms with E-state index in [-0.39, 0.29) is 18.2 Å². The van der Waals surface area contributed by atoms with Crippen molar-refractivity contribution in [2.24, 2.45) is 5.92 Å². The Morgan fingerprint density at radius 3 is 2.41 bits per heavy atom. The highest BCUT2D eigenvalue weighted by atomic mass is 16.6. The topological polar surface area (TPSA) is 59.6 Å². The third-order valence-electron chi connectivity index (χ3n) is 4.11. The van der Waals surface area contributed by atoms with E-state index in [2.05, 4.69) is 24.5 Å². The highest BCUT2D eigenvalue weighted by Crippen LogP contribution is 2.21. The first-order chi connectivity index (χ1) is 10.2. The van der Waals surface area contributed by atoms with Gasteiger partial charge in [0.1, 0.15) is 5.60 Å². The Morgan fingerprint density at radius 2 is 1.86 bits per heavy atom. The summed E-state index contributed by atoms with van der Waals surface area (Å²) in [6.07, 6.45) is 4.66. The zero-order chi connectivity index (χ0) is 16.8. The highest BCUT2D eigenvalue weighted by molar-refractivity contribution is 5.68. The summed E-state index contributed by atoms with van der Waals surface area (Å²) in [4.78, 5) is 12.0. The van der Waals surface area contributed by atoms with Crippen molar-refractivity contribution < 1.29 is 14.3 Å². The molecule has 3 atom stereocenters. The quantitative estimate of drug-likeness (QED) is 0.791. The smallest absolute Gasteiger partial charge is 0.407 e. The molecule has 1 rings (SSSR count). The lowest BCUT2D eigenvalue weighted by atomic mass is 9.92. The minimum Gasteiger partial charge on any atom is -0.444 e. The molecule has 0 spiro atoms. The fourth-order valence-electron chi connectivity index (χ4n) is 2.80. The lowest BCUT2D eigenvalue weighted by molar-refractivity contribution is 0.0380. The van der Waals surface area contributed by atoms with Crippen molar-refractivity contribution in [2.45, 2.75) is 84.1 Å². The molecule has 0 radical (unpaired) electrons. The van der Waals surface area contributed by atoms with Crippen molar-refractivity contribution >= 4 is 6.09 Å². The molecule has 0 heterocycles. The van der Waals surface area contributed by atoms with Gasteiger partial charge in [-0.15, -0.1) is 0 Å². The Labute approximate surface area is 135 Å². The van der Waals surface area contributed by atoms with E-state index in [1.165, 1.54) is 12.8 Å². The molecule has 0 saturated heterocycles. The van der Waals surface area contributed by atoms with Crippen LogP contribution in [0.3, 0.4) is 0 Å². The molecule has 1 saturated carbocycles. The van der Waals surface area contributed by atoms with Gasteiger partial charge in [0, 0.05) is 25.7 Å². The summed E-state index contributed by atoms with van der Waals surface area (Å²) in [6, 6.07) is 0.426. The second-order valence-corrected chi connectivity index (χ2v) is 7.57. The zero-order valence-corrected chi connectivity index (χ0v) is 15.1. The number of rotatable bonds is 6. The van der Waals surface area contributed by atoms with Crippen molar-refractivity contribution in [3.63, 3.8) is 0 Å². The van der Waals surface area contributed by atoms with E-state index >= 15 is 0 Å². The minimum absolute atomic E-state index is 0.0503. The predicted octanol–water partition coefficient (Wildman–Crippen LogP) is 3.08. The molecule has 5 heteroatoms. The van der Waals surface area contributed by atoms with Gasteiger partial charge in [0.15, 0.2) is 0 Å². The number of amides is 1. The molecule has 0 aromatic rings. The third kappa shape index (κ3) is 6.97. The average Bonchev–Trinajstić information content (AvgIpc) is 2.41. The van der Waals surface area contributed by atoms with Crippen LogP contribution >= 0.6 is 0 Å². The molecule has 1 aliphatic rings. The van der Waals surface area contributed by atoms with Crippen molar-refractivity contribution in [3.05, 3.63) is 0 Å². The minimum atomic E-state index is -0.469. The van der Waals surface area contributed by atoms with Gasteiger partial charge >= 0.3 is 6.09 Å². The molecule has 0 aliphatic heterocycles. The van der Waals surface area contributed by atoms with Gasteiger partial charge in [-0.05, 0) is 39.5 Å². The Kier molecular flexibility index (Phi) is 7.63. The van der Waals surface area contributed by atoms with Gasteiger partial charge < -0.3 is 20.1 Å². The van der Waals surface area contributed by atoms with E-state index in [4.69, 9.17) is 9.47 Å². The van der Waals surface area contributed by atoms with Crippen LogP contribution in [0.25, 0.3) is 0 Å². The third-order valence-corrected chi connectivity index (χ3v) is 4.11. The van der Waals surface area contributed by atoms with Crippen molar-refractivity contribution in [3.8, 4) is 0 Å². The fourth-order valence-corrected chi connectivity index (χ4v) is 2.80. The molecule has 2 N–H and O–H groups in total. The van der Waals surface area contributed by atoms with Crippen LogP contribution in [0.15, 0.2) is 0 Å².